The number of carbonyl (C=O) groups is 1. The minimum atomic E-state index is -0.609. The summed E-state index contributed by atoms with van der Waals surface area (Å²) in [4.78, 5) is 16.7. The SMILES string of the molecule is CN=C(NCc1ccc(C(=O)NC)cc1)NCC(O)c1cc2ccccc2s1.I. The van der Waals surface area contributed by atoms with E-state index in [0.29, 0.717) is 24.6 Å². The highest BCUT2D eigenvalue weighted by molar-refractivity contribution is 14.0. The summed E-state index contributed by atoms with van der Waals surface area (Å²) < 4.78 is 1.17. The van der Waals surface area contributed by atoms with Gasteiger partial charge in [-0.05, 0) is 35.2 Å². The molecule has 8 heteroatoms. The van der Waals surface area contributed by atoms with Crippen molar-refractivity contribution in [3.63, 3.8) is 0 Å². The molecule has 0 aliphatic rings. The van der Waals surface area contributed by atoms with Crippen molar-refractivity contribution in [3.05, 3.63) is 70.6 Å². The first kappa shape index (κ1) is 23.1. The molecule has 0 spiro atoms. The van der Waals surface area contributed by atoms with E-state index in [0.717, 1.165) is 15.8 Å². The van der Waals surface area contributed by atoms with Crippen molar-refractivity contribution in [2.24, 2.45) is 4.99 Å². The highest BCUT2D eigenvalue weighted by Crippen LogP contribution is 2.29. The van der Waals surface area contributed by atoms with Gasteiger partial charge in [-0.2, -0.15) is 0 Å². The number of amides is 1. The summed E-state index contributed by atoms with van der Waals surface area (Å²) >= 11 is 1.60. The Labute approximate surface area is 191 Å². The molecular weight excluding hydrogens is 499 g/mol. The lowest BCUT2D eigenvalue weighted by Crippen LogP contribution is -2.38. The number of hydrogen-bond acceptors (Lipinski definition) is 4. The summed E-state index contributed by atoms with van der Waals surface area (Å²) in [5.41, 5.74) is 1.65. The fourth-order valence-corrected chi connectivity index (χ4v) is 3.84. The smallest absolute Gasteiger partial charge is 0.251 e. The lowest BCUT2D eigenvalue weighted by Gasteiger charge is -2.14. The summed E-state index contributed by atoms with van der Waals surface area (Å²) in [5, 5.41) is 20.6. The number of rotatable bonds is 6. The second-order valence-corrected chi connectivity index (χ2v) is 7.40. The van der Waals surface area contributed by atoms with Gasteiger partial charge < -0.3 is 21.1 Å². The molecule has 1 atom stereocenters. The Morgan fingerprint density at radius 2 is 1.86 bits per heavy atom. The van der Waals surface area contributed by atoms with E-state index < -0.39 is 6.10 Å². The fraction of sp³-hybridized carbons (Fsp3) is 0.238. The average Bonchev–Trinajstić information content (AvgIpc) is 3.18. The highest BCUT2D eigenvalue weighted by atomic mass is 127. The summed E-state index contributed by atoms with van der Waals surface area (Å²) in [6.07, 6.45) is -0.609. The molecule has 1 unspecified atom stereocenters. The zero-order valence-corrected chi connectivity index (χ0v) is 19.5. The van der Waals surface area contributed by atoms with Crippen molar-refractivity contribution in [3.8, 4) is 0 Å². The van der Waals surface area contributed by atoms with Crippen LogP contribution in [-0.4, -0.2) is 37.6 Å². The number of aliphatic imine (C=N–C) groups is 1. The van der Waals surface area contributed by atoms with E-state index in [-0.39, 0.29) is 29.9 Å². The maximum Gasteiger partial charge on any atom is 0.251 e. The second-order valence-electron chi connectivity index (χ2n) is 6.29. The van der Waals surface area contributed by atoms with Crippen LogP contribution in [0.4, 0.5) is 0 Å². The number of hydrogen-bond donors (Lipinski definition) is 4. The minimum absolute atomic E-state index is 0. The zero-order valence-electron chi connectivity index (χ0n) is 16.3. The standard InChI is InChI=1S/C21H24N4O2S.HI/c1-22-20(27)15-9-7-14(8-10-15)12-24-21(23-2)25-13-17(26)19-11-16-5-3-4-6-18(16)28-19;/h3-11,17,26H,12-13H2,1-2H3,(H,22,27)(H2,23,24,25);1H. The van der Waals surface area contributed by atoms with E-state index in [1.807, 2.05) is 36.4 Å². The molecule has 6 nitrogen and oxygen atoms in total. The fourth-order valence-electron chi connectivity index (χ4n) is 2.79. The van der Waals surface area contributed by atoms with Crippen LogP contribution in [0.3, 0.4) is 0 Å². The van der Waals surface area contributed by atoms with Crippen molar-refractivity contribution in [1.29, 1.82) is 0 Å². The van der Waals surface area contributed by atoms with Crippen LogP contribution in [0, 0.1) is 0 Å². The summed E-state index contributed by atoms with van der Waals surface area (Å²) in [6, 6.07) is 17.5. The number of aliphatic hydroxyl groups excluding tert-OH is 1. The van der Waals surface area contributed by atoms with Crippen LogP contribution in [0.25, 0.3) is 10.1 Å². The molecule has 0 fully saturated rings. The molecule has 2 aromatic carbocycles. The van der Waals surface area contributed by atoms with E-state index in [2.05, 4.69) is 27.0 Å². The summed E-state index contributed by atoms with van der Waals surface area (Å²) in [5.74, 6) is 0.503. The zero-order chi connectivity index (χ0) is 19.9. The Hall–Kier alpha value is -2.17. The first-order valence-corrected chi connectivity index (χ1v) is 9.84. The van der Waals surface area contributed by atoms with Gasteiger partial charge in [-0.3, -0.25) is 9.79 Å². The van der Waals surface area contributed by atoms with E-state index in [4.69, 9.17) is 0 Å². The quantitative estimate of drug-likeness (QED) is 0.227. The molecule has 1 heterocycles. The molecule has 1 amide bonds. The van der Waals surface area contributed by atoms with Gasteiger partial charge in [0.2, 0.25) is 0 Å². The largest absolute Gasteiger partial charge is 0.386 e. The number of thiophene rings is 1. The Morgan fingerprint density at radius 3 is 2.52 bits per heavy atom. The van der Waals surface area contributed by atoms with Crippen LogP contribution < -0.4 is 16.0 Å². The molecule has 0 saturated carbocycles. The van der Waals surface area contributed by atoms with Gasteiger partial charge in [0, 0.05) is 42.3 Å². The van der Waals surface area contributed by atoms with Crippen molar-refractivity contribution in [2.75, 3.05) is 20.6 Å². The molecule has 1 aromatic heterocycles. The minimum Gasteiger partial charge on any atom is -0.386 e. The monoisotopic (exact) mass is 524 g/mol. The molecule has 154 valence electrons. The third kappa shape index (κ3) is 6.15. The first-order valence-electron chi connectivity index (χ1n) is 9.03. The Balaban J connectivity index is 0.00000300. The summed E-state index contributed by atoms with van der Waals surface area (Å²) in [6.45, 7) is 0.925. The molecule has 0 aliphatic carbocycles. The first-order chi connectivity index (χ1) is 13.6. The Kier molecular flexibility index (Phi) is 8.87. The van der Waals surface area contributed by atoms with E-state index in [1.165, 1.54) is 4.70 Å². The normalized spacial score (nSPS) is 12.2. The number of benzene rings is 2. The van der Waals surface area contributed by atoms with Crippen molar-refractivity contribution >= 4 is 57.3 Å². The second kappa shape index (κ2) is 11.1. The highest BCUT2D eigenvalue weighted by Gasteiger charge is 2.12. The van der Waals surface area contributed by atoms with Crippen LogP contribution in [0.2, 0.25) is 0 Å². The van der Waals surface area contributed by atoms with Gasteiger partial charge in [-0.25, -0.2) is 0 Å². The molecule has 4 N–H and O–H groups in total. The van der Waals surface area contributed by atoms with Gasteiger partial charge in [0.05, 0.1) is 0 Å². The van der Waals surface area contributed by atoms with Crippen molar-refractivity contribution < 1.29 is 9.90 Å². The molecular formula is C21H25IN4O2S. The number of nitrogens with zero attached hydrogens (tertiary/aromatic N) is 1. The van der Waals surface area contributed by atoms with Crippen molar-refractivity contribution in [1.82, 2.24) is 16.0 Å². The molecule has 0 aliphatic heterocycles. The van der Waals surface area contributed by atoms with E-state index >= 15 is 0 Å². The third-order valence-corrected chi connectivity index (χ3v) is 5.58. The number of aliphatic hydroxyl groups is 1. The molecule has 0 saturated heterocycles. The maximum absolute atomic E-state index is 11.6. The number of fused-ring (bicyclic) bond motifs is 1. The van der Waals surface area contributed by atoms with Crippen molar-refractivity contribution in [2.45, 2.75) is 12.6 Å². The van der Waals surface area contributed by atoms with Gasteiger partial charge >= 0.3 is 0 Å². The molecule has 3 aromatic rings. The van der Waals surface area contributed by atoms with Crippen LogP contribution >= 0.6 is 35.3 Å². The topological polar surface area (TPSA) is 85.8 Å². The van der Waals surface area contributed by atoms with E-state index in [9.17, 15) is 9.90 Å². The Morgan fingerprint density at radius 1 is 1.14 bits per heavy atom. The number of halogens is 1. The van der Waals surface area contributed by atoms with Gasteiger partial charge in [0.15, 0.2) is 5.96 Å². The van der Waals surface area contributed by atoms with Gasteiger partial charge in [0.1, 0.15) is 6.10 Å². The van der Waals surface area contributed by atoms with Gasteiger partial charge in [0.25, 0.3) is 5.91 Å². The van der Waals surface area contributed by atoms with E-state index in [1.54, 1.807) is 37.6 Å². The molecule has 29 heavy (non-hydrogen) atoms. The predicted molar refractivity (Wildman–Crippen MR) is 130 cm³/mol. The Bertz CT molecular complexity index is 939. The van der Waals surface area contributed by atoms with Crippen LogP contribution in [-0.2, 0) is 6.54 Å². The third-order valence-electron chi connectivity index (χ3n) is 4.36. The van der Waals surface area contributed by atoms with Gasteiger partial charge in [-0.1, -0.05) is 30.3 Å². The van der Waals surface area contributed by atoms with Crippen LogP contribution in [0.15, 0.2) is 59.6 Å². The molecule has 0 radical (unpaired) electrons. The lowest BCUT2D eigenvalue weighted by molar-refractivity contribution is 0.0963. The number of guanidine groups is 1. The lowest BCUT2D eigenvalue weighted by atomic mass is 10.1. The van der Waals surface area contributed by atoms with Gasteiger partial charge in [-0.15, -0.1) is 35.3 Å². The number of carbonyl (C=O) groups excluding carboxylic acids is 1. The molecule has 3 rings (SSSR count). The van der Waals surface area contributed by atoms with Crippen LogP contribution in [0.5, 0.6) is 0 Å². The van der Waals surface area contributed by atoms with Crippen LogP contribution in [0.1, 0.15) is 26.9 Å². The summed E-state index contributed by atoms with van der Waals surface area (Å²) in [7, 11) is 3.30. The predicted octanol–water partition coefficient (Wildman–Crippen LogP) is 3.28. The average molecular weight is 524 g/mol. The number of nitrogens with one attached hydrogen (secondary N) is 3. The molecule has 0 bridgehead atoms. The maximum atomic E-state index is 11.6.